The van der Waals surface area contributed by atoms with Gasteiger partial charge in [0.05, 0.1) is 11.8 Å². The summed E-state index contributed by atoms with van der Waals surface area (Å²) in [5.74, 6) is 0.214. The Bertz CT molecular complexity index is 905. The van der Waals surface area contributed by atoms with Gasteiger partial charge in [-0.25, -0.2) is 0 Å². The van der Waals surface area contributed by atoms with Crippen LogP contribution in [-0.4, -0.2) is 54.3 Å². The third kappa shape index (κ3) is 3.81. The smallest absolute Gasteiger partial charge is 0.289 e. The summed E-state index contributed by atoms with van der Waals surface area (Å²) in [5.41, 5.74) is 1.77. The topological polar surface area (TPSA) is 89.6 Å². The van der Waals surface area contributed by atoms with E-state index in [-0.39, 0.29) is 11.8 Å². The van der Waals surface area contributed by atoms with Crippen molar-refractivity contribution in [3.63, 3.8) is 0 Å². The van der Waals surface area contributed by atoms with Crippen LogP contribution in [-0.2, 0) is 17.6 Å². The Kier molecular flexibility index (Phi) is 5.46. The molecule has 0 atom stereocenters. The molecule has 8 heteroatoms. The first-order valence-corrected chi connectivity index (χ1v) is 10.4. The van der Waals surface area contributed by atoms with Crippen molar-refractivity contribution in [1.82, 2.24) is 9.80 Å². The first-order valence-electron chi connectivity index (χ1n) is 9.55. The Hall–Kier alpha value is -2.63. The molecule has 1 aliphatic heterocycles. The number of carbonyl (C=O) groups excluding carboxylic acids is 2. The second-order valence-corrected chi connectivity index (χ2v) is 8.19. The minimum atomic E-state index is -0.0860. The van der Waals surface area contributed by atoms with E-state index in [1.54, 1.807) is 28.4 Å². The van der Waals surface area contributed by atoms with Crippen LogP contribution in [0.3, 0.4) is 0 Å². The normalized spacial score (nSPS) is 16.6. The summed E-state index contributed by atoms with van der Waals surface area (Å²) < 4.78 is 5.17. The zero-order valence-electron chi connectivity index (χ0n) is 15.6. The molecule has 1 aliphatic carbocycles. The molecule has 0 radical (unpaired) electrons. The highest BCUT2D eigenvalue weighted by Crippen LogP contribution is 2.38. The van der Waals surface area contributed by atoms with Gasteiger partial charge >= 0.3 is 0 Å². The first-order chi connectivity index (χ1) is 13.7. The van der Waals surface area contributed by atoms with E-state index in [2.05, 4.69) is 16.3 Å². The number of piperazine rings is 1. The number of nitriles is 1. The number of carbonyl (C=O) groups is 2. The van der Waals surface area contributed by atoms with Crippen molar-refractivity contribution in [1.29, 1.82) is 5.26 Å². The van der Waals surface area contributed by atoms with Crippen molar-refractivity contribution in [2.75, 3.05) is 38.0 Å². The lowest BCUT2D eigenvalue weighted by Crippen LogP contribution is -2.49. The van der Waals surface area contributed by atoms with Gasteiger partial charge in [-0.2, -0.15) is 5.26 Å². The molecule has 4 rings (SSSR count). The second-order valence-electron chi connectivity index (χ2n) is 7.08. The monoisotopic (exact) mass is 398 g/mol. The zero-order valence-corrected chi connectivity index (χ0v) is 16.4. The Morgan fingerprint density at radius 2 is 2.07 bits per heavy atom. The molecule has 146 valence electrons. The molecule has 2 aromatic heterocycles. The van der Waals surface area contributed by atoms with Crippen molar-refractivity contribution in [2.24, 2.45) is 0 Å². The summed E-state index contributed by atoms with van der Waals surface area (Å²) in [5, 5.41) is 13.0. The summed E-state index contributed by atoms with van der Waals surface area (Å²) in [6.45, 7) is 3.35. The number of amides is 2. The molecule has 1 N–H and O–H groups in total. The molecule has 2 aliphatic rings. The average Bonchev–Trinajstić information content (AvgIpc) is 3.44. The predicted molar refractivity (Wildman–Crippen MR) is 105 cm³/mol. The van der Waals surface area contributed by atoms with E-state index < -0.39 is 0 Å². The van der Waals surface area contributed by atoms with Crippen LogP contribution >= 0.6 is 11.3 Å². The maximum absolute atomic E-state index is 12.4. The maximum atomic E-state index is 12.4. The quantitative estimate of drug-likeness (QED) is 0.836. The van der Waals surface area contributed by atoms with Gasteiger partial charge < -0.3 is 14.6 Å². The highest BCUT2D eigenvalue weighted by Gasteiger charge is 2.25. The number of anilines is 1. The second kappa shape index (κ2) is 8.17. The van der Waals surface area contributed by atoms with Crippen LogP contribution < -0.4 is 5.32 Å². The molecule has 0 bridgehead atoms. The van der Waals surface area contributed by atoms with Crippen LogP contribution in [0.15, 0.2) is 22.8 Å². The molecule has 0 spiro atoms. The van der Waals surface area contributed by atoms with Crippen molar-refractivity contribution in [2.45, 2.75) is 25.7 Å². The van der Waals surface area contributed by atoms with E-state index in [0.29, 0.717) is 42.4 Å². The van der Waals surface area contributed by atoms with E-state index in [0.717, 1.165) is 37.9 Å². The number of hydrogen-bond acceptors (Lipinski definition) is 6. The van der Waals surface area contributed by atoms with Gasteiger partial charge in [0, 0.05) is 44.0 Å². The number of aryl methyl sites for hydroxylation is 1. The predicted octanol–water partition coefficient (Wildman–Crippen LogP) is 2.49. The molecule has 0 saturated carbocycles. The summed E-state index contributed by atoms with van der Waals surface area (Å²) in [7, 11) is 0. The Labute approximate surface area is 167 Å². The molecule has 28 heavy (non-hydrogen) atoms. The number of hydrogen-bond donors (Lipinski definition) is 1. The minimum absolute atomic E-state index is 0.0643. The molecular weight excluding hydrogens is 376 g/mol. The van der Waals surface area contributed by atoms with Gasteiger partial charge in [0.25, 0.3) is 5.91 Å². The lowest BCUT2D eigenvalue weighted by atomic mass is 10.1. The number of nitrogens with zero attached hydrogens (tertiary/aromatic N) is 3. The third-order valence-corrected chi connectivity index (χ3v) is 6.54. The minimum Gasteiger partial charge on any atom is -0.459 e. The van der Waals surface area contributed by atoms with Gasteiger partial charge in [0.2, 0.25) is 5.91 Å². The maximum Gasteiger partial charge on any atom is 0.289 e. The molecule has 0 aromatic carbocycles. The highest BCUT2D eigenvalue weighted by molar-refractivity contribution is 7.16. The molecule has 2 aromatic rings. The number of rotatable bonds is 5. The van der Waals surface area contributed by atoms with E-state index in [9.17, 15) is 14.9 Å². The summed E-state index contributed by atoms with van der Waals surface area (Å²) >= 11 is 1.54. The number of nitrogens with one attached hydrogen (secondary N) is 1. The van der Waals surface area contributed by atoms with Gasteiger partial charge in [0.15, 0.2) is 5.76 Å². The largest absolute Gasteiger partial charge is 0.459 e. The van der Waals surface area contributed by atoms with E-state index in [1.807, 2.05) is 0 Å². The summed E-state index contributed by atoms with van der Waals surface area (Å²) in [6.07, 6.45) is 4.91. The zero-order chi connectivity index (χ0) is 19.5. The molecule has 1 fully saturated rings. The van der Waals surface area contributed by atoms with Crippen LogP contribution in [0, 0.1) is 11.3 Å². The van der Waals surface area contributed by atoms with Gasteiger partial charge in [0.1, 0.15) is 11.1 Å². The lowest BCUT2D eigenvalue weighted by Gasteiger charge is -2.34. The molecule has 0 unspecified atom stereocenters. The van der Waals surface area contributed by atoms with Crippen molar-refractivity contribution >= 4 is 28.2 Å². The van der Waals surface area contributed by atoms with Crippen molar-refractivity contribution < 1.29 is 14.0 Å². The van der Waals surface area contributed by atoms with Gasteiger partial charge in [-0.3, -0.25) is 14.5 Å². The highest BCUT2D eigenvalue weighted by atomic mass is 32.1. The van der Waals surface area contributed by atoms with E-state index >= 15 is 0 Å². The number of furan rings is 1. The molecular formula is C20H22N4O3S. The van der Waals surface area contributed by atoms with Crippen LogP contribution in [0.25, 0.3) is 0 Å². The van der Waals surface area contributed by atoms with Crippen LogP contribution in [0.2, 0.25) is 0 Å². The third-order valence-electron chi connectivity index (χ3n) is 5.33. The molecule has 2 amide bonds. The first kappa shape index (κ1) is 18.7. The van der Waals surface area contributed by atoms with Crippen molar-refractivity contribution in [3.8, 4) is 6.07 Å². The Morgan fingerprint density at radius 3 is 2.79 bits per heavy atom. The van der Waals surface area contributed by atoms with Gasteiger partial charge in [-0.05, 0) is 37.0 Å². The number of fused-ring (bicyclic) bond motifs is 1. The van der Waals surface area contributed by atoms with Crippen molar-refractivity contribution in [3.05, 3.63) is 40.2 Å². The summed E-state index contributed by atoms with van der Waals surface area (Å²) in [6, 6.07) is 5.64. The average molecular weight is 398 g/mol. The van der Waals surface area contributed by atoms with Crippen LogP contribution in [0.1, 0.15) is 39.4 Å². The fraction of sp³-hybridized carbons (Fsp3) is 0.450. The van der Waals surface area contributed by atoms with Crippen LogP contribution in [0.5, 0.6) is 0 Å². The van der Waals surface area contributed by atoms with E-state index in [1.165, 1.54) is 11.1 Å². The SMILES string of the molecule is N#Cc1c(NC(=O)CCN2CCN(C(=O)c3ccco3)CC2)sc2c1CCC2. The Morgan fingerprint density at radius 1 is 1.25 bits per heavy atom. The lowest BCUT2D eigenvalue weighted by molar-refractivity contribution is -0.116. The fourth-order valence-electron chi connectivity index (χ4n) is 3.79. The molecule has 1 saturated heterocycles. The molecule has 7 nitrogen and oxygen atoms in total. The fourth-order valence-corrected chi connectivity index (χ4v) is 5.05. The number of thiophene rings is 1. The van der Waals surface area contributed by atoms with Crippen LogP contribution in [0.4, 0.5) is 5.00 Å². The molecule has 3 heterocycles. The van der Waals surface area contributed by atoms with Gasteiger partial charge in [-0.1, -0.05) is 0 Å². The van der Waals surface area contributed by atoms with E-state index in [4.69, 9.17) is 4.42 Å². The van der Waals surface area contributed by atoms with Gasteiger partial charge in [-0.15, -0.1) is 11.3 Å². The standard InChI is InChI=1S/C20H22N4O3S/c21-13-15-14-3-1-5-17(14)28-19(15)22-18(25)6-7-23-8-10-24(11-9-23)20(26)16-4-2-12-27-16/h2,4,12H,1,3,5-11H2,(H,22,25). The Balaban J connectivity index is 1.24. The summed E-state index contributed by atoms with van der Waals surface area (Å²) in [4.78, 5) is 29.8.